The van der Waals surface area contributed by atoms with E-state index in [1.807, 2.05) is 13.0 Å². The molecule has 0 aromatic carbocycles. The molecule has 17 heavy (non-hydrogen) atoms. The first-order chi connectivity index (χ1) is 8.10. The van der Waals surface area contributed by atoms with Crippen LogP contribution in [0, 0.1) is 12.8 Å². The summed E-state index contributed by atoms with van der Waals surface area (Å²) >= 11 is 0. The van der Waals surface area contributed by atoms with Gasteiger partial charge in [-0.15, -0.1) is 0 Å². The van der Waals surface area contributed by atoms with Crippen molar-refractivity contribution < 1.29 is 0 Å². The van der Waals surface area contributed by atoms with Crippen molar-refractivity contribution in [2.45, 2.75) is 39.7 Å². The number of nitrogens with one attached hydrogen (secondary N) is 1. The second-order valence-corrected chi connectivity index (χ2v) is 5.02. The summed E-state index contributed by atoms with van der Waals surface area (Å²) in [5.41, 5.74) is 3.46. The van der Waals surface area contributed by atoms with Crippen LogP contribution in [0.25, 0.3) is 0 Å². The fourth-order valence-electron chi connectivity index (χ4n) is 2.37. The summed E-state index contributed by atoms with van der Waals surface area (Å²) in [6, 6.07) is 2.56. The summed E-state index contributed by atoms with van der Waals surface area (Å²) in [6.07, 6.45) is 2.51. The quantitative estimate of drug-likeness (QED) is 0.603. The molecule has 1 aromatic heterocycles. The lowest BCUT2D eigenvalue weighted by Crippen LogP contribution is -2.41. The third-order valence-electron chi connectivity index (χ3n) is 3.38. The Bertz CT molecular complexity index is 392. The van der Waals surface area contributed by atoms with Gasteiger partial charge < -0.3 is 4.90 Å². The van der Waals surface area contributed by atoms with Crippen molar-refractivity contribution in [3.63, 3.8) is 0 Å². The number of hydrogen-bond acceptors (Lipinski definition) is 5. The molecule has 1 saturated heterocycles. The maximum atomic E-state index is 5.39. The SMILES string of the molecule is Cc1cc(N2CC(C)CCC2C)nc(NN)n1. The average molecular weight is 235 g/mol. The van der Waals surface area contributed by atoms with Crippen LogP contribution < -0.4 is 16.2 Å². The average Bonchev–Trinajstić information content (AvgIpc) is 2.31. The molecular formula is C12H21N5. The first kappa shape index (κ1) is 12.1. The molecule has 94 valence electrons. The van der Waals surface area contributed by atoms with Crippen LogP contribution in [0.4, 0.5) is 11.8 Å². The molecule has 2 rings (SSSR count). The molecule has 0 amide bonds. The second kappa shape index (κ2) is 4.87. The first-order valence-corrected chi connectivity index (χ1v) is 6.19. The van der Waals surface area contributed by atoms with Crippen LogP contribution in [-0.2, 0) is 0 Å². The molecule has 2 heterocycles. The van der Waals surface area contributed by atoms with Crippen molar-refractivity contribution in [1.82, 2.24) is 9.97 Å². The van der Waals surface area contributed by atoms with E-state index in [1.165, 1.54) is 12.8 Å². The maximum absolute atomic E-state index is 5.39. The van der Waals surface area contributed by atoms with Crippen molar-refractivity contribution in [3.8, 4) is 0 Å². The third kappa shape index (κ3) is 2.66. The van der Waals surface area contributed by atoms with Crippen molar-refractivity contribution in [3.05, 3.63) is 11.8 Å². The van der Waals surface area contributed by atoms with Gasteiger partial charge in [-0.2, -0.15) is 4.98 Å². The smallest absolute Gasteiger partial charge is 0.239 e. The minimum Gasteiger partial charge on any atom is -0.353 e. The van der Waals surface area contributed by atoms with Crippen molar-refractivity contribution in [2.75, 3.05) is 16.9 Å². The van der Waals surface area contributed by atoms with Gasteiger partial charge in [0.1, 0.15) is 5.82 Å². The van der Waals surface area contributed by atoms with Gasteiger partial charge in [-0.25, -0.2) is 10.8 Å². The van der Waals surface area contributed by atoms with Gasteiger partial charge in [-0.1, -0.05) is 6.92 Å². The summed E-state index contributed by atoms with van der Waals surface area (Å²) in [6.45, 7) is 7.56. The van der Waals surface area contributed by atoms with Crippen LogP contribution in [0.2, 0.25) is 0 Å². The normalized spacial score (nSPS) is 24.8. The Morgan fingerprint density at radius 2 is 2.12 bits per heavy atom. The fraction of sp³-hybridized carbons (Fsp3) is 0.667. The lowest BCUT2D eigenvalue weighted by atomic mass is 9.95. The van der Waals surface area contributed by atoms with E-state index in [4.69, 9.17) is 5.84 Å². The lowest BCUT2D eigenvalue weighted by Gasteiger charge is -2.37. The monoisotopic (exact) mass is 235 g/mol. The number of hydrogen-bond donors (Lipinski definition) is 2. The molecule has 0 spiro atoms. The molecule has 3 N–H and O–H groups in total. The minimum atomic E-state index is 0.491. The summed E-state index contributed by atoms with van der Waals surface area (Å²) in [4.78, 5) is 11.0. The molecule has 1 aromatic rings. The van der Waals surface area contributed by atoms with E-state index in [9.17, 15) is 0 Å². The maximum Gasteiger partial charge on any atom is 0.239 e. The van der Waals surface area contributed by atoms with Gasteiger partial charge in [0.25, 0.3) is 0 Å². The Kier molecular flexibility index (Phi) is 3.47. The molecule has 1 aliphatic heterocycles. The third-order valence-corrected chi connectivity index (χ3v) is 3.38. The standard InChI is InChI=1S/C12H21N5/c1-8-4-5-10(3)17(7-8)11-6-9(2)14-12(15-11)16-13/h6,8,10H,4-5,7,13H2,1-3H3,(H,14,15,16). The van der Waals surface area contributed by atoms with E-state index in [0.29, 0.717) is 12.0 Å². The van der Waals surface area contributed by atoms with Gasteiger partial charge in [-0.3, -0.25) is 5.43 Å². The van der Waals surface area contributed by atoms with E-state index in [-0.39, 0.29) is 0 Å². The Labute approximate surface area is 102 Å². The van der Waals surface area contributed by atoms with E-state index >= 15 is 0 Å². The van der Waals surface area contributed by atoms with Gasteiger partial charge in [0.15, 0.2) is 0 Å². The van der Waals surface area contributed by atoms with Gasteiger partial charge in [0, 0.05) is 24.3 Å². The molecule has 0 aliphatic carbocycles. The summed E-state index contributed by atoms with van der Waals surface area (Å²) in [5.74, 6) is 7.57. The van der Waals surface area contributed by atoms with Crippen LogP contribution in [0.5, 0.6) is 0 Å². The van der Waals surface area contributed by atoms with Gasteiger partial charge in [0.05, 0.1) is 0 Å². The number of nitrogens with two attached hydrogens (primary N) is 1. The van der Waals surface area contributed by atoms with E-state index in [0.717, 1.165) is 24.0 Å². The van der Waals surface area contributed by atoms with Crippen LogP contribution in [-0.4, -0.2) is 22.6 Å². The van der Waals surface area contributed by atoms with Crippen molar-refractivity contribution in [2.24, 2.45) is 11.8 Å². The Balaban J connectivity index is 2.28. The molecule has 2 unspecified atom stereocenters. The van der Waals surface area contributed by atoms with Gasteiger partial charge in [-0.05, 0) is 32.6 Å². The summed E-state index contributed by atoms with van der Waals surface area (Å²) < 4.78 is 0. The minimum absolute atomic E-state index is 0.491. The molecular weight excluding hydrogens is 214 g/mol. The number of anilines is 2. The topological polar surface area (TPSA) is 67.1 Å². The lowest BCUT2D eigenvalue weighted by molar-refractivity contribution is 0.388. The molecule has 2 atom stereocenters. The van der Waals surface area contributed by atoms with Crippen LogP contribution in [0.3, 0.4) is 0 Å². The fourth-order valence-corrected chi connectivity index (χ4v) is 2.37. The van der Waals surface area contributed by atoms with Crippen LogP contribution >= 0.6 is 0 Å². The molecule has 5 heteroatoms. The largest absolute Gasteiger partial charge is 0.353 e. The highest BCUT2D eigenvalue weighted by molar-refractivity contribution is 5.45. The van der Waals surface area contributed by atoms with E-state index < -0.39 is 0 Å². The molecule has 0 saturated carbocycles. The number of nitrogen functional groups attached to an aromatic ring is 1. The predicted molar refractivity (Wildman–Crippen MR) is 69.8 cm³/mol. The number of piperidine rings is 1. The van der Waals surface area contributed by atoms with Crippen molar-refractivity contribution in [1.29, 1.82) is 0 Å². The zero-order valence-corrected chi connectivity index (χ0v) is 10.8. The molecule has 1 aliphatic rings. The van der Waals surface area contributed by atoms with Gasteiger partial charge >= 0.3 is 0 Å². The van der Waals surface area contributed by atoms with Crippen molar-refractivity contribution >= 4 is 11.8 Å². The molecule has 5 nitrogen and oxygen atoms in total. The van der Waals surface area contributed by atoms with E-state index in [2.05, 4.69) is 34.1 Å². The Morgan fingerprint density at radius 1 is 1.35 bits per heavy atom. The zero-order chi connectivity index (χ0) is 12.4. The van der Waals surface area contributed by atoms with Crippen LogP contribution in [0.15, 0.2) is 6.07 Å². The summed E-state index contributed by atoms with van der Waals surface area (Å²) in [7, 11) is 0. The number of aromatic nitrogens is 2. The van der Waals surface area contributed by atoms with Crippen LogP contribution in [0.1, 0.15) is 32.4 Å². The highest BCUT2D eigenvalue weighted by Crippen LogP contribution is 2.26. The number of aryl methyl sites for hydroxylation is 1. The predicted octanol–water partition coefficient (Wildman–Crippen LogP) is 1.70. The number of rotatable bonds is 2. The molecule has 0 radical (unpaired) electrons. The highest BCUT2D eigenvalue weighted by Gasteiger charge is 2.24. The number of nitrogens with zero attached hydrogens (tertiary/aromatic N) is 3. The highest BCUT2D eigenvalue weighted by atomic mass is 15.3. The number of hydrazine groups is 1. The summed E-state index contributed by atoms with van der Waals surface area (Å²) in [5, 5.41) is 0. The van der Waals surface area contributed by atoms with E-state index in [1.54, 1.807) is 0 Å². The second-order valence-electron chi connectivity index (χ2n) is 5.02. The molecule has 0 bridgehead atoms. The first-order valence-electron chi connectivity index (χ1n) is 6.19. The molecule has 1 fully saturated rings. The Hall–Kier alpha value is -1.36. The van der Waals surface area contributed by atoms with Gasteiger partial charge in [0.2, 0.25) is 5.95 Å². The Morgan fingerprint density at radius 3 is 2.82 bits per heavy atom. The zero-order valence-electron chi connectivity index (χ0n) is 10.8.